The van der Waals surface area contributed by atoms with E-state index < -0.39 is 0 Å². The average molecular weight is 242 g/mol. The molecule has 17 heavy (non-hydrogen) atoms. The maximum Gasteiger partial charge on any atom is 0.221 e. The molecule has 0 aromatic carbocycles. The van der Waals surface area contributed by atoms with Crippen LogP contribution in [0, 0.1) is 5.92 Å². The predicted molar refractivity (Wildman–Crippen MR) is 63.8 cm³/mol. The molecule has 0 aliphatic carbocycles. The molecule has 0 bridgehead atoms. The summed E-state index contributed by atoms with van der Waals surface area (Å²) in [7, 11) is 0. The summed E-state index contributed by atoms with van der Waals surface area (Å²) in [5.41, 5.74) is 0. The molecule has 0 saturated carbocycles. The molecule has 0 spiro atoms. The van der Waals surface area contributed by atoms with E-state index in [9.17, 15) is 4.79 Å². The van der Waals surface area contributed by atoms with Crippen molar-refractivity contribution >= 4 is 5.91 Å². The molecule has 2 aliphatic heterocycles. The second-order valence-electron chi connectivity index (χ2n) is 4.79. The van der Waals surface area contributed by atoms with Crippen LogP contribution >= 0.6 is 0 Å². The second kappa shape index (κ2) is 6.93. The van der Waals surface area contributed by atoms with E-state index in [0.29, 0.717) is 18.9 Å². The zero-order valence-electron chi connectivity index (χ0n) is 10.2. The summed E-state index contributed by atoms with van der Waals surface area (Å²) >= 11 is 0. The van der Waals surface area contributed by atoms with Crippen LogP contribution in [0.25, 0.3) is 0 Å². The van der Waals surface area contributed by atoms with Gasteiger partial charge in [0, 0.05) is 38.8 Å². The summed E-state index contributed by atoms with van der Waals surface area (Å²) in [4.78, 5) is 11.7. The lowest BCUT2D eigenvalue weighted by Crippen LogP contribution is -2.44. The molecule has 2 fully saturated rings. The van der Waals surface area contributed by atoms with E-state index >= 15 is 0 Å². The van der Waals surface area contributed by atoms with E-state index in [4.69, 9.17) is 9.47 Å². The number of morpholine rings is 1. The van der Waals surface area contributed by atoms with Crippen molar-refractivity contribution in [3.63, 3.8) is 0 Å². The summed E-state index contributed by atoms with van der Waals surface area (Å²) in [6, 6.07) is 0.179. The lowest BCUT2D eigenvalue weighted by molar-refractivity contribution is -0.122. The van der Waals surface area contributed by atoms with Gasteiger partial charge in [0.05, 0.1) is 13.2 Å². The van der Waals surface area contributed by atoms with Gasteiger partial charge in [-0.15, -0.1) is 0 Å². The number of hydrogen-bond acceptors (Lipinski definition) is 4. The molecule has 0 radical (unpaired) electrons. The molecule has 1 atom stereocenters. The van der Waals surface area contributed by atoms with Crippen molar-refractivity contribution in [3.05, 3.63) is 0 Å². The summed E-state index contributed by atoms with van der Waals surface area (Å²) in [5, 5.41) is 6.29. The Morgan fingerprint density at radius 1 is 1.24 bits per heavy atom. The molecule has 2 saturated heterocycles. The second-order valence-corrected chi connectivity index (χ2v) is 4.79. The molecule has 0 aromatic heterocycles. The maximum atomic E-state index is 11.7. The molecule has 0 aromatic rings. The summed E-state index contributed by atoms with van der Waals surface area (Å²) in [5.74, 6) is 0.711. The van der Waals surface area contributed by atoms with E-state index in [1.165, 1.54) is 0 Å². The molecule has 2 rings (SSSR count). The fourth-order valence-electron chi connectivity index (χ4n) is 2.26. The molecule has 2 aliphatic rings. The Bertz CT molecular complexity index is 236. The molecule has 1 amide bonds. The van der Waals surface area contributed by atoms with Crippen LogP contribution in [0.1, 0.15) is 19.3 Å². The Balaban J connectivity index is 1.59. The van der Waals surface area contributed by atoms with Gasteiger partial charge in [0.25, 0.3) is 0 Å². The summed E-state index contributed by atoms with van der Waals surface area (Å²) < 4.78 is 10.6. The van der Waals surface area contributed by atoms with Crippen molar-refractivity contribution in [3.8, 4) is 0 Å². The van der Waals surface area contributed by atoms with Gasteiger partial charge in [-0.3, -0.25) is 4.79 Å². The van der Waals surface area contributed by atoms with Gasteiger partial charge in [-0.2, -0.15) is 0 Å². The minimum absolute atomic E-state index is 0.125. The third kappa shape index (κ3) is 4.61. The Morgan fingerprint density at radius 2 is 2.06 bits per heavy atom. The molecule has 5 nitrogen and oxygen atoms in total. The highest BCUT2D eigenvalue weighted by Gasteiger charge is 2.18. The molecule has 2 heterocycles. The molecular weight excluding hydrogens is 220 g/mol. The van der Waals surface area contributed by atoms with Crippen LogP contribution in [0.5, 0.6) is 0 Å². The Hall–Kier alpha value is -0.650. The first-order valence-electron chi connectivity index (χ1n) is 6.50. The van der Waals surface area contributed by atoms with Crippen LogP contribution in [0.4, 0.5) is 0 Å². The molecule has 2 N–H and O–H groups in total. The Labute approximate surface area is 102 Å². The average Bonchev–Trinajstić information content (AvgIpc) is 2.39. The van der Waals surface area contributed by atoms with Crippen molar-refractivity contribution in [2.45, 2.75) is 25.3 Å². The van der Waals surface area contributed by atoms with Gasteiger partial charge in [-0.05, 0) is 18.8 Å². The molecule has 5 heteroatoms. The van der Waals surface area contributed by atoms with E-state index in [0.717, 1.165) is 45.8 Å². The normalized spacial score (nSPS) is 26.7. The Morgan fingerprint density at radius 3 is 2.76 bits per heavy atom. The standard InChI is InChI=1S/C12H22N2O3/c15-12(7-11-9-17-6-3-13-11)14-8-10-1-4-16-5-2-10/h10-11,13H,1-9H2,(H,14,15). The van der Waals surface area contributed by atoms with Crippen LogP contribution in [0.2, 0.25) is 0 Å². The van der Waals surface area contributed by atoms with Gasteiger partial charge in [0.2, 0.25) is 5.91 Å². The zero-order chi connectivity index (χ0) is 11.9. The van der Waals surface area contributed by atoms with Gasteiger partial charge in [0.1, 0.15) is 0 Å². The lowest BCUT2D eigenvalue weighted by Gasteiger charge is -2.25. The highest BCUT2D eigenvalue weighted by atomic mass is 16.5. The minimum atomic E-state index is 0.125. The smallest absolute Gasteiger partial charge is 0.221 e. The first-order valence-corrected chi connectivity index (χ1v) is 6.50. The van der Waals surface area contributed by atoms with E-state index in [-0.39, 0.29) is 11.9 Å². The maximum absolute atomic E-state index is 11.7. The van der Waals surface area contributed by atoms with E-state index in [2.05, 4.69) is 10.6 Å². The quantitative estimate of drug-likeness (QED) is 0.723. The highest BCUT2D eigenvalue weighted by molar-refractivity contribution is 5.76. The van der Waals surface area contributed by atoms with Gasteiger partial charge in [-0.1, -0.05) is 0 Å². The summed E-state index contributed by atoms with van der Waals surface area (Å²) in [6.45, 7) is 4.69. The molecular formula is C12H22N2O3. The van der Waals surface area contributed by atoms with E-state index in [1.807, 2.05) is 0 Å². The minimum Gasteiger partial charge on any atom is -0.381 e. The fourth-order valence-corrected chi connectivity index (χ4v) is 2.26. The first kappa shape index (κ1) is 12.8. The number of rotatable bonds is 4. The topological polar surface area (TPSA) is 59.6 Å². The van der Waals surface area contributed by atoms with Crippen molar-refractivity contribution in [2.24, 2.45) is 5.92 Å². The first-order chi connectivity index (χ1) is 8.34. The van der Waals surface area contributed by atoms with Crippen LogP contribution < -0.4 is 10.6 Å². The molecule has 98 valence electrons. The fraction of sp³-hybridized carbons (Fsp3) is 0.917. The van der Waals surface area contributed by atoms with Crippen LogP contribution in [-0.4, -0.2) is 51.5 Å². The van der Waals surface area contributed by atoms with Gasteiger partial charge in [-0.25, -0.2) is 0 Å². The van der Waals surface area contributed by atoms with Crippen LogP contribution in [0.15, 0.2) is 0 Å². The monoisotopic (exact) mass is 242 g/mol. The van der Waals surface area contributed by atoms with Crippen LogP contribution in [0.3, 0.4) is 0 Å². The van der Waals surface area contributed by atoms with Crippen molar-refractivity contribution in [2.75, 3.05) is 39.5 Å². The number of hydrogen-bond donors (Lipinski definition) is 2. The van der Waals surface area contributed by atoms with Gasteiger partial charge in [0.15, 0.2) is 0 Å². The Kier molecular flexibility index (Phi) is 5.22. The summed E-state index contributed by atoms with van der Waals surface area (Å²) in [6.07, 6.45) is 2.64. The van der Waals surface area contributed by atoms with Crippen molar-refractivity contribution < 1.29 is 14.3 Å². The third-order valence-corrected chi connectivity index (χ3v) is 3.36. The highest BCUT2D eigenvalue weighted by Crippen LogP contribution is 2.13. The van der Waals surface area contributed by atoms with Crippen molar-refractivity contribution in [1.29, 1.82) is 0 Å². The van der Waals surface area contributed by atoms with Crippen molar-refractivity contribution in [1.82, 2.24) is 10.6 Å². The SMILES string of the molecule is O=C(CC1COCCN1)NCC1CCOCC1. The third-order valence-electron chi connectivity index (χ3n) is 3.36. The van der Waals surface area contributed by atoms with Gasteiger partial charge < -0.3 is 20.1 Å². The number of carbonyl (C=O) groups is 1. The van der Waals surface area contributed by atoms with E-state index in [1.54, 1.807) is 0 Å². The number of ether oxygens (including phenoxy) is 2. The predicted octanol–water partition coefficient (Wildman–Crippen LogP) is -0.0923. The largest absolute Gasteiger partial charge is 0.381 e. The number of amides is 1. The van der Waals surface area contributed by atoms with Crippen LogP contribution in [-0.2, 0) is 14.3 Å². The van der Waals surface area contributed by atoms with Gasteiger partial charge >= 0.3 is 0 Å². The molecule has 1 unspecified atom stereocenters. The number of nitrogens with one attached hydrogen (secondary N) is 2. The lowest BCUT2D eigenvalue weighted by atomic mass is 10.0. The zero-order valence-corrected chi connectivity index (χ0v) is 10.2. The number of carbonyl (C=O) groups excluding carboxylic acids is 1.